The number of carboxylic acids is 1. The summed E-state index contributed by atoms with van der Waals surface area (Å²) >= 11 is 0. The number of nitrogens with zero attached hydrogens (tertiary/aromatic N) is 4. The fourth-order valence-corrected chi connectivity index (χ4v) is 3.61. The summed E-state index contributed by atoms with van der Waals surface area (Å²) in [5.74, 6) is -1.30. The molecule has 0 unspecified atom stereocenters. The van der Waals surface area contributed by atoms with Gasteiger partial charge >= 0.3 is 5.97 Å². The predicted octanol–water partition coefficient (Wildman–Crippen LogP) is 4.62. The first-order chi connectivity index (χ1) is 14.5. The van der Waals surface area contributed by atoms with Crippen LogP contribution in [-0.4, -0.2) is 38.9 Å². The zero-order valence-corrected chi connectivity index (χ0v) is 17.5. The van der Waals surface area contributed by atoms with Gasteiger partial charge in [-0.25, -0.2) is 4.39 Å². The highest BCUT2D eigenvalue weighted by molar-refractivity contribution is 5.80. The Morgan fingerprint density at radius 2 is 1.77 bits per heavy atom. The molecule has 0 spiro atoms. The van der Waals surface area contributed by atoms with Gasteiger partial charge in [0.25, 0.3) is 0 Å². The highest BCUT2D eigenvalue weighted by atomic mass is 19.1. The van der Waals surface area contributed by atoms with Gasteiger partial charge in [-0.2, -0.15) is 5.10 Å². The van der Waals surface area contributed by atoms with Crippen LogP contribution in [0.4, 0.5) is 10.1 Å². The third-order valence-corrected chi connectivity index (χ3v) is 5.20. The molecule has 0 saturated carbocycles. The molecule has 2 aromatic heterocycles. The molecule has 1 aliphatic heterocycles. The van der Waals surface area contributed by atoms with E-state index in [2.05, 4.69) is 15.0 Å². The average Bonchev–Trinajstić information content (AvgIpc) is 3.21. The Kier molecular flexibility index (Phi) is 6.82. The highest BCUT2D eigenvalue weighted by Gasteiger charge is 2.26. The second-order valence-corrected chi connectivity index (χ2v) is 7.07. The van der Waals surface area contributed by atoms with Crippen LogP contribution in [0, 0.1) is 11.7 Å². The smallest absolute Gasteiger partial charge is 0.306 e. The molecule has 4 rings (SSSR count). The Hall–Kier alpha value is -3.22. The number of carboxylic acid groups (broad SMARTS) is 1. The summed E-state index contributed by atoms with van der Waals surface area (Å²) < 4.78 is 15.0. The first-order valence-corrected chi connectivity index (χ1v) is 10.2. The molecule has 0 atom stereocenters. The number of hydrogen-bond acceptors (Lipinski definition) is 4. The molecule has 30 heavy (non-hydrogen) atoms. The minimum absolute atomic E-state index is 0.286. The van der Waals surface area contributed by atoms with Crippen LogP contribution >= 0.6 is 0 Å². The molecule has 1 saturated heterocycles. The SMILES string of the molecule is CC.Cn1ccc(-c2cc(-c3ccc(F)cc3)ncc2N2CCC(C(=O)O)CC2)n1. The number of anilines is 1. The number of aryl methyl sites for hydroxylation is 1. The van der Waals surface area contributed by atoms with Crippen molar-refractivity contribution in [1.29, 1.82) is 0 Å². The Balaban J connectivity index is 0.00000124. The predicted molar refractivity (Wildman–Crippen MR) is 116 cm³/mol. The van der Waals surface area contributed by atoms with Crippen LogP contribution < -0.4 is 4.90 Å². The van der Waals surface area contributed by atoms with Gasteiger partial charge in [-0.3, -0.25) is 14.5 Å². The number of aliphatic carboxylic acids is 1. The third-order valence-electron chi connectivity index (χ3n) is 5.20. The maximum atomic E-state index is 13.3. The number of pyridine rings is 1. The largest absolute Gasteiger partial charge is 0.481 e. The van der Waals surface area contributed by atoms with Crippen molar-refractivity contribution in [2.45, 2.75) is 26.7 Å². The second-order valence-electron chi connectivity index (χ2n) is 7.07. The van der Waals surface area contributed by atoms with Crippen LogP contribution in [0.3, 0.4) is 0 Å². The van der Waals surface area contributed by atoms with E-state index in [-0.39, 0.29) is 11.7 Å². The summed E-state index contributed by atoms with van der Waals surface area (Å²) in [6.07, 6.45) is 4.91. The minimum atomic E-state index is -0.727. The van der Waals surface area contributed by atoms with E-state index >= 15 is 0 Å². The molecule has 1 N–H and O–H groups in total. The van der Waals surface area contributed by atoms with E-state index in [1.54, 1.807) is 16.8 Å². The second kappa shape index (κ2) is 9.52. The fraction of sp³-hybridized carbons (Fsp3) is 0.348. The summed E-state index contributed by atoms with van der Waals surface area (Å²) in [6, 6.07) is 10.2. The molecule has 1 aliphatic rings. The maximum absolute atomic E-state index is 13.3. The van der Waals surface area contributed by atoms with Crippen molar-refractivity contribution in [3.63, 3.8) is 0 Å². The summed E-state index contributed by atoms with van der Waals surface area (Å²) in [5.41, 5.74) is 4.26. The number of aromatic nitrogens is 3. The standard InChI is InChI=1S/C21H21FN4O2.C2H6/c1-25-9-8-18(24-25)17-12-19(14-2-4-16(22)5-3-14)23-13-20(17)26-10-6-15(7-11-26)21(27)28;1-2/h2-5,8-9,12-13,15H,6-7,10-11H2,1H3,(H,27,28);1-2H3. The zero-order chi connectivity index (χ0) is 21.7. The normalized spacial score (nSPS) is 14.2. The number of rotatable bonds is 4. The minimum Gasteiger partial charge on any atom is -0.481 e. The number of carbonyl (C=O) groups is 1. The number of benzene rings is 1. The Labute approximate surface area is 176 Å². The van der Waals surface area contributed by atoms with E-state index < -0.39 is 5.97 Å². The van der Waals surface area contributed by atoms with Gasteiger partial charge in [-0.1, -0.05) is 13.8 Å². The average molecular weight is 410 g/mol. The molecular weight excluding hydrogens is 383 g/mol. The molecule has 1 aromatic carbocycles. The first kappa shape index (κ1) is 21.5. The Morgan fingerprint density at radius 1 is 1.10 bits per heavy atom. The summed E-state index contributed by atoms with van der Waals surface area (Å²) in [7, 11) is 1.86. The topological polar surface area (TPSA) is 71.2 Å². The molecule has 6 nitrogen and oxygen atoms in total. The monoisotopic (exact) mass is 410 g/mol. The van der Waals surface area contributed by atoms with Gasteiger partial charge in [-0.05, 0) is 49.2 Å². The summed E-state index contributed by atoms with van der Waals surface area (Å²) in [5, 5.41) is 13.8. The van der Waals surface area contributed by atoms with Crippen LogP contribution in [0.25, 0.3) is 22.5 Å². The Bertz CT molecular complexity index is 993. The lowest BCUT2D eigenvalue weighted by atomic mass is 9.96. The molecule has 0 amide bonds. The first-order valence-electron chi connectivity index (χ1n) is 10.2. The lowest BCUT2D eigenvalue weighted by molar-refractivity contribution is -0.142. The molecular formula is C23H27FN4O2. The van der Waals surface area contributed by atoms with Crippen LogP contribution in [0.5, 0.6) is 0 Å². The van der Waals surface area contributed by atoms with E-state index in [4.69, 9.17) is 0 Å². The van der Waals surface area contributed by atoms with Crippen molar-refractivity contribution in [3.8, 4) is 22.5 Å². The molecule has 0 bridgehead atoms. The van der Waals surface area contributed by atoms with Crippen molar-refractivity contribution in [1.82, 2.24) is 14.8 Å². The van der Waals surface area contributed by atoms with Gasteiger partial charge in [0, 0.05) is 37.5 Å². The summed E-state index contributed by atoms with van der Waals surface area (Å²) in [4.78, 5) is 18.0. The van der Waals surface area contributed by atoms with Crippen molar-refractivity contribution >= 4 is 11.7 Å². The van der Waals surface area contributed by atoms with Gasteiger partial charge in [0.2, 0.25) is 0 Å². The van der Waals surface area contributed by atoms with Gasteiger partial charge in [0.1, 0.15) is 5.82 Å². The quantitative estimate of drug-likeness (QED) is 0.680. The third kappa shape index (κ3) is 4.67. The van der Waals surface area contributed by atoms with Crippen LogP contribution in [0.15, 0.2) is 48.8 Å². The molecule has 158 valence electrons. The molecule has 3 heterocycles. The van der Waals surface area contributed by atoms with Crippen molar-refractivity contribution in [2.75, 3.05) is 18.0 Å². The molecule has 0 aliphatic carbocycles. The summed E-state index contributed by atoms with van der Waals surface area (Å²) in [6.45, 7) is 5.32. The maximum Gasteiger partial charge on any atom is 0.306 e. The fourth-order valence-electron chi connectivity index (χ4n) is 3.61. The molecule has 1 fully saturated rings. The number of hydrogen-bond donors (Lipinski definition) is 1. The van der Waals surface area contributed by atoms with E-state index in [1.165, 1.54) is 12.1 Å². The zero-order valence-electron chi connectivity index (χ0n) is 17.5. The van der Waals surface area contributed by atoms with Gasteiger partial charge in [-0.15, -0.1) is 0 Å². The molecule has 0 radical (unpaired) electrons. The Morgan fingerprint density at radius 3 is 2.33 bits per heavy atom. The van der Waals surface area contributed by atoms with Crippen molar-refractivity contribution in [2.24, 2.45) is 13.0 Å². The lowest BCUT2D eigenvalue weighted by Gasteiger charge is -2.33. The van der Waals surface area contributed by atoms with Crippen molar-refractivity contribution < 1.29 is 14.3 Å². The van der Waals surface area contributed by atoms with Crippen LogP contribution in [0.2, 0.25) is 0 Å². The van der Waals surface area contributed by atoms with Crippen LogP contribution in [0.1, 0.15) is 26.7 Å². The lowest BCUT2D eigenvalue weighted by Crippen LogP contribution is -2.36. The van der Waals surface area contributed by atoms with Gasteiger partial charge in [0.05, 0.1) is 29.2 Å². The van der Waals surface area contributed by atoms with E-state index in [0.29, 0.717) is 25.9 Å². The van der Waals surface area contributed by atoms with Gasteiger partial charge in [0.15, 0.2) is 0 Å². The van der Waals surface area contributed by atoms with E-state index in [0.717, 1.165) is 28.2 Å². The number of halogens is 1. The highest BCUT2D eigenvalue weighted by Crippen LogP contribution is 2.34. The molecule has 3 aromatic rings. The van der Waals surface area contributed by atoms with Crippen molar-refractivity contribution in [3.05, 3.63) is 54.6 Å². The number of piperidine rings is 1. The molecule has 7 heteroatoms. The van der Waals surface area contributed by atoms with E-state index in [1.807, 2.05) is 45.4 Å². The van der Waals surface area contributed by atoms with Gasteiger partial charge < -0.3 is 10.0 Å². The van der Waals surface area contributed by atoms with Crippen LogP contribution in [-0.2, 0) is 11.8 Å². The van der Waals surface area contributed by atoms with E-state index in [9.17, 15) is 14.3 Å².